The lowest BCUT2D eigenvalue weighted by atomic mass is 9.87. The molecule has 7 heteroatoms. The van der Waals surface area contributed by atoms with Gasteiger partial charge in [-0.25, -0.2) is 8.51 Å². The minimum Gasteiger partial charge on any atom is -0.454 e. The summed E-state index contributed by atoms with van der Waals surface area (Å²) in [5.41, 5.74) is 3.76. The maximum absolute atomic E-state index is 13.4. The third-order valence-corrected chi connectivity index (χ3v) is 9.49. The molecule has 2 aliphatic heterocycles. The van der Waals surface area contributed by atoms with Crippen LogP contribution in [-0.2, 0) is 27.6 Å². The highest BCUT2D eigenvalue weighted by Crippen LogP contribution is 2.51. The van der Waals surface area contributed by atoms with Gasteiger partial charge in [0.2, 0.25) is 6.79 Å². The van der Waals surface area contributed by atoms with Crippen LogP contribution in [0.2, 0.25) is 0 Å². The summed E-state index contributed by atoms with van der Waals surface area (Å²) in [5.74, 6) is 1.72. The number of ketones is 1. The van der Waals surface area contributed by atoms with Gasteiger partial charge in [-0.3, -0.25) is 4.79 Å². The fraction of sp³-hybridized carbons (Fsp3) is 0.367. The molecule has 2 fully saturated rings. The van der Waals surface area contributed by atoms with Crippen LogP contribution < -0.4 is 9.47 Å². The number of carbonyl (C=O) groups excluding carboxylic acids is 1. The molecular weight excluding hydrogens is 486 g/mol. The molecule has 6 rings (SSSR count). The van der Waals surface area contributed by atoms with Crippen LogP contribution in [0.3, 0.4) is 0 Å². The van der Waals surface area contributed by atoms with Gasteiger partial charge < -0.3 is 14.9 Å². The van der Waals surface area contributed by atoms with Crippen LogP contribution >= 0.6 is 0 Å². The Morgan fingerprint density at radius 1 is 0.973 bits per heavy atom. The summed E-state index contributed by atoms with van der Waals surface area (Å²) in [6.07, 6.45) is 5.57. The van der Waals surface area contributed by atoms with E-state index in [2.05, 4.69) is 23.4 Å². The number of benzene rings is 3. The van der Waals surface area contributed by atoms with E-state index in [1.165, 1.54) is 6.42 Å². The molecule has 3 aliphatic rings. The Kier molecular flexibility index (Phi) is 7.21. The molecule has 2 unspecified atom stereocenters. The van der Waals surface area contributed by atoms with E-state index >= 15 is 0 Å². The number of rotatable bonds is 7. The van der Waals surface area contributed by atoms with E-state index in [9.17, 15) is 9.00 Å². The van der Waals surface area contributed by atoms with E-state index < -0.39 is 16.4 Å². The fourth-order valence-electron chi connectivity index (χ4n) is 5.48. The van der Waals surface area contributed by atoms with Gasteiger partial charge in [-0.15, -0.1) is 0 Å². The molecule has 0 radical (unpaired) electrons. The van der Waals surface area contributed by atoms with Crippen molar-refractivity contribution in [1.29, 1.82) is 0 Å². The molecule has 0 amide bonds. The number of hydrogen-bond acceptors (Lipinski definition) is 4. The van der Waals surface area contributed by atoms with Crippen molar-refractivity contribution in [3.8, 4) is 22.6 Å². The average molecular weight is 520 g/mol. The summed E-state index contributed by atoms with van der Waals surface area (Å²) in [6.45, 7) is 3.29. The van der Waals surface area contributed by atoms with Crippen LogP contribution in [0.4, 0.5) is 0 Å². The maximum Gasteiger partial charge on any atom is 0.231 e. The standard InChI is InChI=1S/C30H31NO4S.H2O/c1-21-5-2-3-16-31(21)36(33)26-11-8-23(9-12-26)24-7-4-6-22(17-24)18-29(32)30(14-15-30)25-10-13-27-28(19-25)35-20-34-27;/h4,6-13,17,19,21H,2-3,5,14-16,18,20H2,1H3;1H2. The van der Waals surface area contributed by atoms with Crippen molar-refractivity contribution in [3.63, 3.8) is 0 Å². The summed E-state index contributed by atoms with van der Waals surface area (Å²) < 4.78 is 26.2. The molecule has 6 nitrogen and oxygen atoms in total. The molecule has 2 N–H and O–H groups in total. The minimum absolute atomic E-state index is 0. The summed E-state index contributed by atoms with van der Waals surface area (Å²) in [4.78, 5) is 14.3. The highest BCUT2D eigenvalue weighted by molar-refractivity contribution is 7.82. The van der Waals surface area contributed by atoms with Crippen molar-refractivity contribution in [3.05, 3.63) is 77.9 Å². The molecule has 0 bridgehead atoms. The van der Waals surface area contributed by atoms with Crippen molar-refractivity contribution in [2.45, 2.75) is 61.8 Å². The Morgan fingerprint density at radius 3 is 2.51 bits per heavy atom. The largest absolute Gasteiger partial charge is 0.454 e. The van der Waals surface area contributed by atoms with Crippen molar-refractivity contribution in [1.82, 2.24) is 4.31 Å². The summed E-state index contributed by atoms with van der Waals surface area (Å²) in [7, 11) is -1.13. The second kappa shape index (κ2) is 10.4. The molecule has 1 saturated heterocycles. The maximum atomic E-state index is 13.4. The molecule has 3 aromatic rings. The van der Waals surface area contributed by atoms with E-state index in [0.29, 0.717) is 12.5 Å². The van der Waals surface area contributed by atoms with Crippen LogP contribution in [0.1, 0.15) is 50.2 Å². The first-order valence-corrected chi connectivity index (χ1v) is 14.0. The third-order valence-electron chi connectivity index (χ3n) is 7.84. The van der Waals surface area contributed by atoms with Crippen LogP contribution in [0.5, 0.6) is 11.5 Å². The van der Waals surface area contributed by atoms with Crippen molar-refractivity contribution in [2.75, 3.05) is 13.3 Å². The number of fused-ring (bicyclic) bond motifs is 1. The van der Waals surface area contributed by atoms with E-state index in [1.54, 1.807) is 0 Å². The molecule has 1 saturated carbocycles. The van der Waals surface area contributed by atoms with Gasteiger partial charge in [0.15, 0.2) is 11.5 Å². The van der Waals surface area contributed by atoms with Crippen LogP contribution in [0.15, 0.2) is 71.6 Å². The first kappa shape index (κ1) is 25.6. The molecule has 2 heterocycles. The summed E-state index contributed by atoms with van der Waals surface area (Å²) in [5, 5.41) is 0. The molecule has 194 valence electrons. The Balaban J connectivity index is 0.00000280. The SMILES string of the molecule is CC1CCCCN1S(=O)c1ccc(-c2cccc(CC(=O)C3(c4ccc5c(c4)OCO5)CC3)c2)cc1.O. The molecule has 0 spiro atoms. The van der Waals surface area contributed by atoms with Gasteiger partial charge in [-0.05, 0) is 79.1 Å². The predicted molar refractivity (Wildman–Crippen MR) is 144 cm³/mol. The van der Waals surface area contributed by atoms with Gasteiger partial charge in [0.1, 0.15) is 16.8 Å². The van der Waals surface area contributed by atoms with Crippen molar-refractivity contribution in [2.24, 2.45) is 0 Å². The van der Waals surface area contributed by atoms with Gasteiger partial charge in [-0.2, -0.15) is 0 Å². The smallest absolute Gasteiger partial charge is 0.231 e. The van der Waals surface area contributed by atoms with E-state index in [-0.39, 0.29) is 18.1 Å². The minimum atomic E-state index is -1.13. The second-order valence-electron chi connectivity index (χ2n) is 10.2. The van der Waals surface area contributed by atoms with Crippen molar-refractivity contribution >= 4 is 16.8 Å². The van der Waals surface area contributed by atoms with Gasteiger partial charge in [0.05, 0.1) is 10.3 Å². The van der Waals surface area contributed by atoms with Crippen LogP contribution in [0, 0.1) is 0 Å². The lowest BCUT2D eigenvalue weighted by molar-refractivity contribution is -0.120. The average Bonchev–Trinajstić information content (AvgIpc) is 3.59. The zero-order valence-electron chi connectivity index (χ0n) is 21.1. The van der Waals surface area contributed by atoms with E-state index in [1.807, 2.05) is 54.6 Å². The Morgan fingerprint density at radius 2 is 1.76 bits per heavy atom. The topological polar surface area (TPSA) is 87.3 Å². The Labute approximate surface area is 220 Å². The quantitative estimate of drug-likeness (QED) is 0.440. The number of Topliss-reactive ketones (excluding diaryl/α,β-unsaturated/α-hetero) is 1. The van der Waals surface area contributed by atoms with Gasteiger partial charge in [0.25, 0.3) is 0 Å². The highest BCUT2D eigenvalue weighted by Gasteiger charge is 2.50. The number of nitrogens with zero attached hydrogens (tertiary/aromatic N) is 1. The number of piperidine rings is 1. The molecule has 2 atom stereocenters. The Bertz CT molecular complexity index is 1320. The number of hydrogen-bond donors (Lipinski definition) is 0. The molecule has 3 aromatic carbocycles. The molecule has 37 heavy (non-hydrogen) atoms. The predicted octanol–water partition coefficient (Wildman–Crippen LogP) is 5.00. The second-order valence-corrected chi connectivity index (χ2v) is 11.6. The van der Waals surface area contributed by atoms with Gasteiger partial charge >= 0.3 is 0 Å². The third kappa shape index (κ3) is 4.96. The van der Waals surface area contributed by atoms with E-state index in [0.717, 1.165) is 70.9 Å². The highest BCUT2D eigenvalue weighted by atomic mass is 32.2. The fourth-order valence-corrected chi connectivity index (χ4v) is 6.85. The first-order chi connectivity index (χ1) is 17.5. The lowest BCUT2D eigenvalue weighted by Crippen LogP contribution is -2.38. The van der Waals surface area contributed by atoms with Gasteiger partial charge in [0, 0.05) is 19.0 Å². The number of carbonyl (C=O) groups is 1. The monoisotopic (exact) mass is 519 g/mol. The molecule has 0 aromatic heterocycles. The van der Waals surface area contributed by atoms with Crippen LogP contribution in [-0.4, -0.2) is 39.2 Å². The zero-order chi connectivity index (χ0) is 24.7. The van der Waals surface area contributed by atoms with Crippen molar-refractivity contribution < 1.29 is 24.0 Å². The Hall–Kier alpha value is -3.00. The molecular formula is C30H33NO5S. The lowest BCUT2D eigenvalue weighted by Gasteiger charge is -2.31. The summed E-state index contributed by atoms with van der Waals surface area (Å²) >= 11 is 0. The zero-order valence-corrected chi connectivity index (χ0v) is 21.9. The first-order valence-electron chi connectivity index (χ1n) is 12.8. The molecule has 1 aliphatic carbocycles. The normalized spacial score (nSPS) is 20.6. The van der Waals surface area contributed by atoms with Gasteiger partial charge in [-0.1, -0.05) is 48.9 Å². The van der Waals surface area contributed by atoms with Crippen LogP contribution in [0.25, 0.3) is 11.1 Å². The van der Waals surface area contributed by atoms with E-state index in [4.69, 9.17) is 9.47 Å². The summed E-state index contributed by atoms with van der Waals surface area (Å²) in [6, 6.07) is 22.5. The number of ether oxygens (including phenoxy) is 2.